The second-order valence-corrected chi connectivity index (χ2v) is 5.54. The quantitative estimate of drug-likeness (QED) is 0.653. The third kappa shape index (κ3) is 1.28. The van der Waals surface area contributed by atoms with E-state index in [1.165, 1.54) is 27.7 Å². The number of hydrogen-bond donors (Lipinski definition) is 0. The van der Waals surface area contributed by atoms with E-state index in [0.29, 0.717) is 0 Å². The fourth-order valence-electron chi connectivity index (χ4n) is 3.43. The van der Waals surface area contributed by atoms with E-state index < -0.39 is 0 Å². The molecule has 0 bridgehead atoms. The van der Waals surface area contributed by atoms with E-state index in [9.17, 15) is 0 Å². The summed E-state index contributed by atoms with van der Waals surface area (Å²) in [4.78, 5) is 2.32. The van der Waals surface area contributed by atoms with Crippen LogP contribution in [0.3, 0.4) is 0 Å². The maximum Gasteiger partial charge on any atom is 0.0454 e. The molecule has 1 heterocycles. The van der Waals surface area contributed by atoms with E-state index in [4.69, 9.17) is 0 Å². The molecule has 1 nitrogen and oxygen atoms in total. The summed E-state index contributed by atoms with van der Waals surface area (Å²) < 4.78 is 0. The average molecular weight is 237 g/mol. The van der Waals surface area contributed by atoms with Gasteiger partial charge in [-0.05, 0) is 29.3 Å². The van der Waals surface area contributed by atoms with Crippen molar-refractivity contribution in [3.63, 3.8) is 0 Å². The topological polar surface area (TPSA) is 3.24 Å². The van der Waals surface area contributed by atoms with Crippen LogP contribution < -0.4 is 4.90 Å². The fourth-order valence-corrected chi connectivity index (χ4v) is 3.43. The van der Waals surface area contributed by atoms with Gasteiger partial charge in [0.05, 0.1) is 0 Å². The average Bonchev–Trinajstić information content (AvgIpc) is 2.56. The molecule has 2 aromatic carbocycles. The van der Waals surface area contributed by atoms with Crippen LogP contribution >= 0.6 is 0 Å². The van der Waals surface area contributed by atoms with Crippen LogP contribution in [0.5, 0.6) is 0 Å². The van der Waals surface area contributed by atoms with Crippen LogP contribution in [0.1, 0.15) is 26.3 Å². The smallest absolute Gasteiger partial charge is 0.0454 e. The summed E-state index contributed by atoms with van der Waals surface area (Å²) in [6.45, 7) is 6.76. The van der Waals surface area contributed by atoms with Crippen molar-refractivity contribution in [2.45, 2.75) is 26.2 Å². The minimum Gasteiger partial charge on any atom is -0.347 e. The first-order valence-corrected chi connectivity index (χ1v) is 6.50. The van der Waals surface area contributed by atoms with Crippen molar-refractivity contribution in [3.05, 3.63) is 53.7 Å². The molecule has 92 valence electrons. The molecular formula is C17H19N. The van der Waals surface area contributed by atoms with Gasteiger partial charge in [0.15, 0.2) is 0 Å². The molecule has 0 N–H and O–H groups in total. The number of likely N-dealkylation sites (N-methyl/N-ethyl adjacent to an activating group) is 1. The highest BCUT2D eigenvalue weighted by Crippen LogP contribution is 2.49. The van der Waals surface area contributed by atoms with Crippen molar-refractivity contribution in [2.75, 3.05) is 11.9 Å². The fraction of sp³-hybridized carbons (Fsp3) is 0.294. The van der Waals surface area contributed by atoms with Crippen LogP contribution in [-0.2, 0) is 5.41 Å². The Kier molecular flexibility index (Phi) is 2.28. The minimum atomic E-state index is 0.0830. The molecule has 0 aromatic heterocycles. The lowest BCUT2D eigenvalue weighted by molar-refractivity contribution is 0.643. The maximum atomic E-state index is 2.32. The molecule has 1 heteroatoms. The van der Waals surface area contributed by atoms with Crippen LogP contribution in [0, 0.1) is 0 Å². The molecule has 18 heavy (non-hydrogen) atoms. The lowest BCUT2D eigenvalue weighted by Gasteiger charge is -2.24. The zero-order chi connectivity index (χ0) is 12.9. The first-order valence-electron chi connectivity index (χ1n) is 6.50. The minimum absolute atomic E-state index is 0.0830. The first kappa shape index (κ1) is 11.3. The van der Waals surface area contributed by atoms with Gasteiger partial charge in [-0.1, -0.05) is 50.3 Å². The molecule has 3 rings (SSSR count). The van der Waals surface area contributed by atoms with E-state index in [-0.39, 0.29) is 5.41 Å². The maximum absolute atomic E-state index is 2.32. The summed E-state index contributed by atoms with van der Waals surface area (Å²) in [7, 11) is 2.16. The number of nitrogens with zero attached hydrogens (tertiary/aromatic N) is 1. The van der Waals surface area contributed by atoms with Gasteiger partial charge in [0.25, 0.3) is 0 Å². The molecule has 0 spiro atoms. The van der Waals surface area contributed by atoms with Gasteiger partial charge >= 0.3 is 0 Å². The van der Waals surface area contributed by atoms with Crippen LogP contribution in [0.4, 0.5) is 5.69 Å². The highest BCUT2D eigenvalue weighted by molar-refractivity contribution is 5.94. The molecule has 1 aliphatic heterocycles. The Bertz CT molecular complexity index is 650. The largest absolute Gasteiger partial charge is 0.347 e. The standard InChI is InChI=1S/C17H19N/c1-5-15-17(2,3)16-13-9-7-6-8-12(13)10-11-14(16)18(15)4/h5-11H,1-4H3. The van der Waals surface area contributed by atoms with Crippen LogP contribution in [-0.4, -0.2) is 7.05 Å². The first-order chi connectivity index (χ1) is 8.57. The Hall–Kier alpha value is -1.76. The monoisotopic (exact) mass is 237 g/mol. The summed E-state index contributed by atoms with van der Waals surface area (Å²) in [5.74, 6) is 0. The predicted octanol–water partition coefficient (Wildman–Crippen LogP) is 4.47. The van der Waals surface area contributed by atoms with E-state index in [2.05, 4.69) is 75.2 Å². The van der Waals surface area contributed by atoms with Gasteiger partial charge in [0.2, 0.25) is 0 Å². The summed E-state index contributed by atoms with van der Waals surface area (Å²) in [6, 6.07) is 13.1. The number of benzene rings is 2. The summed E-state index contributed by atoms with van der Waals surface area (Å²) in [5.41, 5.74) is 4.26. The molecular weight excluding hydrogens is 218 g/mol. The molecule has 0 radical (unpaired) electrons. The molecule has 0 saturated carbocycles. The Morgan fingerprint density at radius 2 is 1.78 bits per heavy atom. The second kappa shape index (κ2) is 3.61. The summed E-state index contributed by atoms with van der Waals surface area (Å²) >= 11 is 0. The highest BCUT2D eigenvalue weighted by atomic mass is 15.2. The molecule has 2 aromatic rings. The number of anilines is 1. The van der Waals surface area contributed by atoms with Gasteiger partial charge in [-0.2, -0.15) is 0 Å². The molecule has 0 amide bonds. The van der Waals surface area contributed by atoms with Crippen molar-refractivity contribution in [3.8, 4) is 0 Å². The van der Waals surface area contributed by atoms with E-state index >= 15 is 0 Å². The number of hydrogen-bond acceptors (Lipinski definition) is 1. The second-order valence-electron chi connectivity index (χ2n) is 5.54. The zero-order valence-corrected chi connectivity index (χ0v) is 11.5. The van der Waals surface area contributed by atoms with E-state index in [1.54, 1.807) is 0 Å². The van der Waals surface area contributed by atoms with E-state index in [0.717, 1.165) is 0 Å². The third-order valence-electron chi connectivity index (χ3n) is 4.17. The normalized spacial score (nSPS) is 19.6. The Labute approximate surface area is 109 Å². The van der Waals surface area contributed by atoms with Crippen molar-refractivity contribution in [1.82, 2.24) is 0 Å². The molecule has 0 fully saturated rings. The van der Waals surface area contributed by atoms with Gasteiger partial charge in [-0.15, -0.1) is 0 Å². The van der Waals surface area contributed by atoms with Crippen molar-refractivity contribution in [2.24, 2.45) is 0 Å². The summed E-state index contributed by atoms with van der Waals surface area (Å²) in [6.07, 6.45) is 2.23. The van der Waals surface area contributed by atoms with Gasteiger partial charge in [0.1, 0.15) is 0 Å². The SMILES string of the molecule is CC=C1N(C)c2ccc3ccccc3c2C1(C)C. The zero-order valence-electron chi connectivity index (χ0n) is 11.5. The number of allylic oxidation sites excluding steroid dienone is 2. The van der Waals surface area contributed by atoms with Gasteiger partial charge in [-0.25, -0.2) is 0 Å². The van der Waals surface area contributed by atoms with Gasteiger partial charge in [-0.3, -0.25) is 0 Å². The lowest BCUT2D eigenvalue weighted by Crippen LogP contribution is -2.22. The van der Waals surface area contributed by atoms with Crippen LogP contribution in [0.2, 0.25) is 0 Å². The Morgan fingerprint density at radius 3 is 2.50 bits per heavy atom. The molecule has 1 aliphatic rings. The highest BCUT2D eigenvalue weighted by Gasteiger charge is 2.39. The van der Waals surface area contributed by atoms with Crippen molar-refractivity contribution < 1.29 is 0 Å². The van der Waals surface area contributed by atoms with Gasteiger partial charge < -0.3 is 4.90 Å². The Morgan fingerprint density at radius 1 is 1.06 bits per heavy atom. The third-order valence-corrected chi connectivity index (χ3v) is 4.17. The Balaban J connectivity index is 2.43. The van der Waals surface area contributed by atoms with E-state index in [1.807, 2.05) is 0 Å². The molecule has 0 unspecified atom stereocenters. The molecule has 0 saturated heterocycles. The number of rotatable bonds is 0. The van der Waals surface area contributed by atoms with Crippen LogP contribution in [0.15, 0.2) is 48.2 Å². The van der Waals surface area contributed by atoms with Crippen LogP contribution in [0.25, 0.3) is 10.8 Å². The van der Waals surface area contributed by atoms with Crippen molar-refractivity contribution in [1.29, 1.82) is 0 Å². The molecule has 0 aliphatic carbocycles. The molecule has 0 atom stereocenters. The lowest BCUT2D eigenvalue weighted by atomic mass is 9.81. The van der Waals surface area contributed by atoms with Gasteiger partial charge in [0, 0.05) is 23.8 Å². The summed E-state index contributed by atoms with van der Waals surface area (Å²) in [5, 5.41) is 2.71. The predicted molar refractivity (Wildman–Crippen MR) is 79.1 cm³/mol. The number of fused-ring (bicyclic) bond motifs is 3. The van der Waals surface area contributed by atoms with Crippen molar-refractivity contribution >= 4 is 16.5 Å².